The Morgan fingerprint density at radius 1 is 1.13 bits per heavy atom. The van der Waals surface area contributed by atoms with Gasteiger partial charge in [-0.25, -0.2) is 0 Å². The molecule has 0 bridgehead atoms. The zero-order valence-corrected chi connectivity index (χ0v) is 19.1. The molecule has 0 atom stereocenters. The number of carbonyl (C=O) groups excluding carboxylic acids is 2. The topological polar surface area (TPSA) is 88.7 Å². The molecule has 2 aromatic rings. The minimum absolute atomic E-state index is 0.0580. The molecule has 0 aliphatic heterocycles. The number of ether oxygens (including phenoxy) is 2. The molecule has 0 unspecified atom stereocenters. The van der Waals surface area contributed by atoms with Gasteiger partial charge in [0.15, 0.2) is 11.7 Å². The summed E-state index contributed by atoms with van der Waals surface area (Å²) in [5.41, 5.74) is 5.59. The minimum atomic E-state index is -0.488. The number of hydrogen-bond donors (Lipinski definition) is 3. The third-order valence-electron chi connectivity index (χ3n) is 3.42. The lowest BCUT2D eigenvalue weighted by atomic mass is 10.2. The van der Waals surface area contributed by atoms with Crippen LogP contribution in [0.3, 0.4) is 0 Å². The van der Waals surface area contributed by atoms with Crippen molar-refractivity contribution in [1.29, 1.82) is 0 Å². The Bertz CT molecular complexity index is 938. The molecule has 10 heteroatoms. The van der Waals surface area contributed by atoms with Crippen molar-refractivity contribution in [2.45, 2.75) is 6.92 Å². The summed E-state index contributed by atoms with van der Waals surface area (Å²) >= 11 is 14.1. The second kappa shape index (κ2) is 12.2. The number of thiocarbonyl (C=S) groups is 1. The summed E-state index contributed by atoms with van der Waals surface area (Å²) in [6.07, 6.45) is 2.96. The van der Waals surface area contributed by atoms with Gasteiger partial charge in [0.1, 0.15) is 11.5 Å². The molecule has 0 aliphatic rings. The van der Waals surface area contributed by atoms with E-state index >= 15 is 0 Å². The summed E-state index contributed by atoms with van der Waals surface area (Å²) in [5.74, 6) is 0.285. The average Bonchev–Trinajstić information content (AvgIpc) is 2.71. The van der Waals surface area contributed by atoms with E-state index in [9.17, 15) is 9.59 Å². The summed E-state index contributed by atoms with van der Waals surface area (Å²) < 4.78 is 11.4. The first-order valence-corrected chi connectivity index (χ1v) is 10.3. The van der Waals surface area contributed by atoms with Crippen LogP contribution in [0.5, 0.6) is 11.5 Å². The highest BCUT2D eigenvalue weighted by molar-refractivity contribution is 9.10. The number of hydrazine groups is 1. The van der Waals surface area contributed by atoms with Gasteiger partial charge in [-0.1, -0.05) is 23.7 Å². The standard InChI is InChI=1S/C20H19BrClN3O4S/c1-2-28-15-7-3-13(4-8-15)5-10-18(26)23-20(30)25-24-19(27)12-29-17-9-6-14(22)11-16(17)21/h3-11H,2,12H2,1H3,(H,24,27)(H2,23,25,26,30)/b10-5+. The van der Waals surface area contributed by atoms with Crippen LogP contribution in [0, 0.1) is 0 Å². The average molecular weight is 513 g/mol. The second-order valence-corrected chi connectivity index (χ2v) is 7.39. The molecule has 2 aromatic carbocycles. The smallest absolute Gasteiger partial charge is 0.276 e. The third-order valence-corrected chi connectivity index (χ3v) is 4.48. The van der Waals surface area contributed by atoms with Gasteiger partial charge >= 0.3 is 0 Å². The van der Waals surface area contributed by atoms with Crippen LogP contribution in [0.4, 0.5) is 0 Å². The Morgan fingerprint density at radius 2 is 1.87 bits per heavy atom. The molecule has 0 radical (unpaired) electrons. The van der Waals surface area contributed by atoms with Gasteiger partial charge in [-0.15, -0.1) is 0 Å². The summed E-state index contributed by atoms with van der Waals surface area (Å²) in [4.78, 5) is 23.7. The maximum atomic E-state index is 11.9. The van der Waals surface area contributed by atoms with E-state index in [2.05, 4.69) is 32.1 Å². The molecule has 3 N–H and O–H groups in total. The maximum absolute atomic E-state index is 11.9. The van der Waals surface area contributed by atoms with E-state index in [-0.39, 0.29) is 11.7 Å². The summed E-state index contributed by atoms with van der Waals surface area (Å²) in [7, 11) is 0. The molecule has 0 aromatic heterocycles. The molecule has 0 fully saturated rings. The number of rotatable bonds is 7. The highest BCUT2D eigenvalue weighted by atomic mass is 79.9. The Kier molecular flexibility index (Phi) is 9.59. The van der Waals surface area contributed by atoms with Gasteiger partial charge in [0.25, 0.3) is 5.91 Å². The van der Waals surface area contributed by atoms with Crippen LogP contribution in [-0.2, 0) is 9.59 Å². The van der Waals surface area contributed by atoms with E-state index in [1.54, 1.807) is 24.3 Å². The number of hydrogen-bond acceptors (Lipinski definition) is 5. The van der Waals surface area contributed by atoms with Gasteiger partial charge in [-0.05, 0) is 77.0 Å². The molecule has 2 rings (SSSR count). The van der Waals surface area contributed by atoms with Crippen molar-refractivity contribution in [1.82, 2.24) is 16.2 Å². The van der Waals surface area contributed by atoms with E-state index in [0.29, 0.717) is 21.9 Å². The van der Waals surface area contributed by atoms with Crippen molar-refractivity contribution < 1.29 is 19.1 Å². The van der Waals surface area contributed by atoms with E-state index in [1.807, 2.05) is 31.2 Å². The quantitative estimate of drug-likeness (QED) is 0.298. The van der Waals surface area contributed by atoms with Crippen LogP contribution in [0.15, 0.2) is 53.0 Å². The molecule has 0 aliphatic carbocycles. The molecule has 0 spiro atoms. The predicted molar refractivity (Wildman–Crippen MR) is 123 cm³/mol. The molecule has 0 saturated heterocycles. The van der Waals surface area contributed by atoms with E-state index in [1.165, 1.54) is 6.08 Å². The number of halogens is 2. The number of nitrogens with one attached hydrogen (secondary N) is 3. The Labute approximate surface area is 192 Å². The molecule has 2 amide bonds. The van der Waals surface area contributed by atoms with Gasteiger partial charge < -0.3 is 9.47 Å². The van der Waals surface area contributed by atoms with Crippen LogP contribution in [-0.4, -0.2) is 30.1 Å². The number of amides is 2. The number of benzene rings is 2. The minimum Gasteiger partial charge on any atom is -0.494 e. The van der Waals surface area contributed by atoms with Crippen LogP contribution >= 0.6 is 39.7 Å². The SMILES string of the molecule is CCOc1ccc(/C=C/C(=O)NC(=S)NNC(=O)COc2ccc(Cl)cc2Br)cc1. The second-order valence-electron chi connectivity index (χ2n) is 5.69. The normalized spacial score (nSPS) is 10.4. The molecular weight excluding hydrogens is 494 g/mol. The Balaban J connectivity index is 1.71. The lowest BCUT2D eigenvalue weighted by Gasteiger charge is -2.11. The van der Waals surface area contributed by atoms with Crippen LogP contribution < -0.4 is 25.6 Å². The molecule has 30 heavy (non-hydrogen) atoms. The molecular formula is C20H19BrClN3O4S. The lowest BCUT2D eigenvalue weighted by Crippen LogP contribution is -2.49. The van der Waals surface area contributed by atoms with Crippen molar-refractivity contribution in [2.24, 2.45) is 0 Å². The van der Waals surface area contributed by atoms with Gasteiger partial charge in [-0.2, -0.15) is 0 Å². The zero-order chi connectivity index (χ0) is 21.9. The molecule has 0 saturated carbocycles. The molecule has 158 valence electrons. The third kappa shape index (κ3) is 8.40. The monoisotopic (exact) mass is 511 g/mol. The summed E-state index contributed by atoms with van der Waals surface area (Å²) in [6.45, 7) is 2.23. The number of carbonyl (C=O) groups is 2. The summed E-state index contributed by atoms with van der Waals surface area (Å²) in [5, 5.41) is 2.90. The van der Waals surface area contributed by atoms with E-state index in [4.69, 9.17) is 33.3 Å². The molecule has 0 heterocycles. The van der Waals surface area contributed by atoms with E-state index in [0.717, 1.165) is 11.3 Å². The predicted octanol–water partition coefficient (Wildman–Crippen LogP) is 3.62. The highest BCUT2D eigenvalue weighted by Crippen LogP contribution is 2.27. The maximum Gasteiger partial charge on any atom is 0.276 e. The van der Waals surface area contributed by atoms with Gasteiger partial charge in [0.05, 0.1) is 11.1 Å². The van der Waals surface area contributed by atoms with Crippen molar-refractivity contribution in [3.63, 3.8) is 0 Å². The van der Waals surface area contributed by atoms with Crippen molar-refractivity contribution in [3.05, 3.63) is 63.6 Å². The van der Waals surface area contributed by atoms with Crippen LogP contribution in [0.2, 0.25) is 5.02 Å². The first-order chi connectivity index (χ1) is 14.4. The van der Waals surface area contributed by atoms with Crippen LogP contribution in [0.1, 0.15) is 12.5 Å². The fourth-order valence-electron chi connectivity index (χ4n) is 2.10. The zero-order valence-electron chi connectivity index (χ0n) is 15.9. The highest BCUT2D eigenvalue weighted by Gasteiger charge is 2.07. The largest absolute Gasteiger partial charge is 0.494 e. The van der Waals surface area contributed by atoms with Gasteiger partial charge in [0.2, 0.25) is 5.91 Å². The van der Waals surface area contributed by atoms with Crippen molar-refractivity contribution >= 4 is 62.8 Å². The fourth-order valence-corrected chi connectivity index (χ4v) is 3.05. The van der Waals surface area contributed by atoms with E-state index < -0.39 is 11.8 Å². The van der Waals surface area contributed by atoms with Gasteiger partial charge in [-0.3, -0.25) is 25.8 Å². The van der Waals surface area contributed by atoms with Crippen molar-refractivity contribution in [3.8, 4) is 11.5 Å². The first-order valence-electron chi connectivity index (χ1n) is 8.76. The Morgan fingerprint density at radius 3 is 2.53 bits per heavy atom. The molecule has 7 nitrogen and oxygen atoms in total. The fraction of sp³-hybridized carbons (Fsp3) is 0.150. The summed E-state index contributed by atoms with van der Waals surface area (Å²) in [6, 6.07) is 12.2. The van der Waals surface area contributed by atoms with Gasteiger partial charge in [0, 0.05) is 11.1 Å². The van der Waals surface area contributed by atoms with Crippen LogP contribution in [0.25, 0.3) is 6.08 Å². The first kappa shape index (κ1) is 23.7. The van der Waals surface area contributed by atoms with Crippen molar-refractivity contribution in [2.75, 3.05) is 13.2 Å². The Hall–Kier alpha value is -2.62. The lowest BCUT2D eigenvalue weighted by molar-refractivity contribution is -0.123.